The average molecular weight is 464 g/mol. The number of nitrogens with one attached hydrogen (secondary N) is 1. The Labute approximate surface area is 158 Å². The van der Waals surface area contributed by atoms with Gasteiger partial charge >= 0.3 is 41.9 Å². The van der Waals surface area contributed by atoms with E-state index in [1.54, 1.807) is 0 Å². The van der Waals surface area contributed by atoms with E-state index in [0.29, 0.717) is 6.07 Å². The molecule has 0 saturated carbocycles. The minimum atomic E-state index is -7.84. The molecule has 1 aromatic rings. The first-order valence-corrected chi connectivity index (χ1v) is 7.14. The number of primary amides is 1. The van der Waals surface area contributed by atoms with Gasteiger partial charge in [0.15, 0.2) is 0 Å². The Morgan fingerprint density at radius 3 is 1.70 bits per heavy atom. The monoisotopic (exact) mass is 464 g/mol. The summed E-state index contributed by atoms with van der Waals surface area (Å²) in [7, 11) is 0. The molecule has 0 bridgehead atoms. The van der Waals surface area contributed by atoms with Gasteiger partial charge in [-0.1, -0.05) is 12.1 Å². The minimum absolute atomic E-state index is 0.587. The number of alkyl halides is 12. The summed E-state index contributed by atoms with van der Waals surface area (Å²) < 4.78 is 157. The van der Waals surface area contributed by atoms with Gasteiger partial charge in [0, 0.05) is 0 Å². The van der Waals surface area contributed by atoms with Crippen LogP contribution in [0.4, 0.5) is 58.4 Å². The highest BCUT2D eigenvalue weighted by Gasteiger charge is 2.89. The lowest BCUT2D eigenvalue weighted by molar-refractivity contribution is -0.406. The molecular formula is C14H8F12N2O2. The fourth-order valence-corrected chi connectivity index (χ4v) is 1.89. The van der Waals surface area contributed by atoms with Crippen LogP contribution >= 0.6 is 0 Å². The maximum atomic E-state index is 13.7. The van der Waals surface area contributed by atoms with E-state index in [9.17, 15) is 62.3 Å². The average Bonchev–Trinajstić information content (AvgIpc) is 2.60. The number of nitrogens with two attached hydrogens (primary N) is 1. The van der Waals surface area contributed by atoms with E-state index in [2.05, 4.69) is 0 Å². The van der Waals surface area contributed by atoms with Crippen LogP contribution in [-0.2, 0) is 4.79 Å². The summed E-state index contributed by atoms with van der Waals surface area (Å²) in [6.07, 6.45) is -5.65. The topological polar surface area (TPSA) is 72.2 Å². The lowest BCUT2D eigenvalue weighted by Gasteiger charge is -2.38. The Balaban J connectivity index is 3.42. The summed E-state index contributed by atoms with van der Waals surface area (Å²) in [5.74, 6) is -42.1. The van der Waals surface area contributed by atoms with Crippen LogP contribution in [0.1, 0.15) is 10.4 Å². The van der Waals surface area contributed by atoms with Crippen LogP contribution in [0.2, 0.25) is 0 Å². The number of para-hydroxylation sites is 1. The summed E-state index contributed by atoms with van der Waals surface area (Å²) in [5.41, 5.74) is 2.92. The zero-order valence-electron chi connectivity index (χ0n) is 13.8. The number of carbonyl (C=O) groups excluding carboxylic acids is 2. The lowest BCUT2D eigenvalue weighted by Crippen LogP contribution is -2.70. The van der Waals surface area contributed by atoms with Crippen molar-refractivity contribution < 1.29 is 62.3 Å². The molecule has 4 nitrogen and oxygen atoms in total. The second kappa shape index (κ2) is 7.54. The summed E-state index contributed by atoms with van der Waals surface area (Å²) in [4.78, 5) is 22.5. The maximum absolute atomic E-state index is 13.7. The second-order valence-corrected chi connectivity index (χ2v) is 5.59. The van der Waals surface area contributed by atoms with Crippen molar-refractivity contribution in [2.24, 2.45) is 5.73 Å². The van der Waals surface area contributed by atoms with E-state index in [-0.39, 0.29) is 0 Å². The van der Waals surface area contributed by atoms with E-state index in [1.165, 1.54) is 0 Å². The van der Waals surface area contributed by atoms with Gasteiger partial charge in [-0.05, 0) is 12.1 Å². The van der Waals surface area contributed by atoms with Crippen LogP contribution in [-0.4, -0.2) is 47.9 Å². The molecule has 0 aliphatic rings. The molecule has 0 aliphatic heterocycles. The maximum Gasteiger partial charge on any atom is 0.393 e. The van der Waals surface area contributed by atoms with Crippen LogP contribution < -0.4 is 11.1 Å². The van der Waals surface area contributed by atoms with Gasteiger partial charge in [0.2, 0.25) is 0 Å². The number of carbonyl (C=O) groups is 2. The van der Waals surface area contributed by atoms with E-state index in [0.717, 1.165) is 23.5 Å². The minimum Gasteiger partial charge on any atom is -0.366 e. The molecule has 1 rings (SSSR count). The standard InChI is InChI=1S/C14H8F12N2O2/c15-8(16)10(17,18)12(21,22)14(25,26)13(23,24)11(19,20)9(30)28-6-4-2-1-3-5(6)7(27)29/h1-4,8H,(H2,27,29)(H,28,30). The number of rotatable bonds is 8. The SMILES string of the molecule is NC(=O)c1ccccc1NC(=O)C(F)(F)C(F)(F)C(F)(F)C(F)(F)C(F)(F)C(F)F. The fourth-order valence-electron chi connectivity index (χ4n) is 1.89. The molecule has 0 atom stereocenters. The molecule has 3 N–H and O–H groups in total. The highest BCUT2D eigenvalue weighted by molar-refractivity contribution is 6.05. The zero-order valence-corrected chi connectivity index (χ0v) is 13.8. The Kier molecular flexibility index (Phi) is 6.37. The van der Waals surface area contributed by atoms with E-state index in [4.69, 9.17) is 5.73 Å². The molecule has 0 saturated heterocycles. The van der Waals surface area contributed by atoms with Gasteiger partial charge in [-0.2, -0.15) is 43.9 Å². The molecule has 0 heterocycles. The molecule has 0 spiro atoms. The largest absolute Gasteiger partial charge is 0.393 e. The van der Waals surface area contributed by atoms with E-state index < -0.39 is 59.1 Å². The summed E-state index contributed by atoms with van der Waals surface area (Å²) in [6.45, 7) is 0. The van der Waals surface area contributed by atoms with Crippen molar-refractivity contribution >= 4 is 17.5 Å². The summed E-state index contributed by atoms with van der Waals surface area (Å²) in [5, 5.41) is 0.840. The Morgan fingerprint density at radius 1 is 0.800 bits per heavy atom. The number of benzene rings is 1. The van der Waals surface area contributed by atoms with Crippen LogP contribution in [0, 0.1) is 0 Å². The van der Waals surface area contributed by atoms with Crippen molar-refractivity contribution in [2.45, 2.75) is 36.0 Å². The van der Waals surface area contributed by atoms with Crippen molar-refractivity contribution in [1.82, 2.24) is 0 Å². The first-order valence-electron chi connectivity index (χ1n) is 7.14. The summed E-state index contributed by atoms with van der Waals surface area (Å²) >= 11 is 0. The molecule has 0 aromatic heterocycles. The number of amides is 2. The molecule has 0 aliphatic carbocycles. The van der Waals surface area contributed by atoms with Crippen LogP contribution in [0.25, 0.3) is 0 Å². The van der Waals surface area contributed by atoms with Gasteiger partial charge in [0.05, 0.1) is 11.3 Å². The van der Waals surface area contributed by atoms with Gasteiger partial charge in [0.1, 0.15) is 0 Å². The van der Waals surface area contributed by atoms with Gasteiger partial charge in [-0.25, -0.2) is 8.78 Å². The third-order valence-electron chi connectivity index (χ3n) is 3.60. The molecule has 2 amide bonds. The Hall–Kier alpha value is -2.68. The number of halogens is 12. The summed E-state index contributed by atoms with van der Waals surface area (Å²) in [6, 6.07) is 3.28. The normalized spacial score (nSPS) is 14.0. The fraction of sp³-hybridized carbons (Fsp3) is 0.429. The molecule has 1 aromatic carbocycles. The smallest absolute Gasteiger partial charge is 0.366 e. The van der Waals surface area contributed by atoms with Crippen LogP contribution in [0.3, 0.4) is 0 Å². The third kappa shape index (κ3) is 3.62. The van der Waals surface area contributed by atoms with Gasteiger partial charge in [-0.15, -0.1) is 0 Å². The lowest BCUT2D eigenvalue weighted by atomic mass is 9.94. The van der Waals surface area contributed by atoms with Crippen molar-refractivity contribution in [2.75, 3.05) is 5.32 Å². The number of hydrogen-bond acceptors (Lipinski definition) is 2. The molecule has 0 radical (unpaired) electrons. The zero-order chi connectivity index (χ0) is 23.9. The molecule has 0 fully saturated rings. The third-order valence-corrected chi connectivity index (χ3v) is 3.60. The Bertz CT molecular complexity index is 825. The van der Waals surface area contributed by atoms with Crippen molar-refractivity contribution in [1.29, 1.82) is 0 Å². The van der Waals surface area contributed by atoms with E-state index >= 15 is 0 Å². The molecule has 16 heteroatoms. The highest BCUT2D eigenvalue weighted by atomic mass is 19.4. The quantitative estimate of drug-likeness (QED) is 0.568. The van der Waals surface area contributed by atoms with Crippen molar-refractivity contribution in [3.05, 3.63) is 29.8 Å². The number of anilines is 1. The van der Waals surface area contributed by atoms with Gasteiger partial charge in [0.25, 0.3) is 5.91 Å². The number of hydrogen-bond donors (Lipinski definition) is 2. The second-order valence-electron chi connectivity index (χ2n) is 5.59. The van der Waals surface area contributed by atoms with Crippen molar-refractivity contribution in [3.8, 4) is 0 Å². The van der Waals surface area contributed by atoms with Crippen LogP contribution in [0.15, 0.2) is 24.3 Å². The van der Waals surface area contributed by atoms with Crippen molar-refractivity contribution in [3.63, 3.8) is 0 Å². The predicted octanol–water partition coefficient (Wildman–Crippen LogP) is 4.17. The van der Waals surface area contributed by atoms with Gasteiger partial charge in [-0.3, -0.25) is 9.59 Å². The first kappa shape index (κ1) is 25.4. The molecule has 0 unspecified atom stereocenters. The molecule has 30 heavy (non-hydrogen) atoms. The van der Waals surface area contributed by atoms with Crippen LogP contribution in [0.5, 0.6) is 0 Å². The Morgan fingerprint density at radius 2 is 1.27 bits per heavy atom. The van der Waals surface area contributed by atoms with Gasteiger partial charge < -0.3 is 11.1 Å². The highest BCUT2D eigenvalue weighted by Crippen LogP contribution is 2.58. The first-order chi connectivity index (χ1) is 13.3. The van der Waals surface area contributed by atoms with E-state index in [1.807, 2.05) is 0 Å². The predicted molar refractivity (Wildman–Crippen MR) is 74.3 cm³/mol. The molecule has 170 valence electrons. The molecular weight excluding hydrogens is 456 g/mol.